The van der Waals surface area contributed by atoms with E-state index in [-0.39, 0.29) is 0 Å². The van der Waals surface area contributed by atoms with Gasteiger partial charge in [-0.1, -0.05) is 24.1 Å². The number of carbonyl (C=O) groups is 2. The zero-order valence-corrected chi connectivity index (χ0v) is 14.5. The third-order valence-corrected chi connectivity index (χ3v) is 3.37. The molecule has 0 aromatic rings. The highest BCUT2D eigenvalue weighted by Crippen LogP contribution is 2.34. The lowest BCUT2D eigenvalue weighted by Gasteiger charge is -2.27. The van der Waals surface area contributed by atoms with Crippen LogP contribution in [-0.4, -0.2) is 57.5 Å². The lowest BCUT2D eigenvalue weighted by Crippen LogP contribution is -2.50. The smallest absolute Gasteiger partial charge is 0.338 e. The Kier molecular flexibility index (Phi) is 11.0. The number of allylic oxidation sites excluding steroid dienone is 2. The summed E-state index contributed by atoms with van der Waals surface area (Å²) in [5.74, 6) is -4.41. The topological polar surface area (TPSA) is 166 Å². The summed E-state index contributed by atoms with van der Waals surface area (Å²) in [6, 6.07) is 0. The van der Waals surface area contributed by atoms with Crippen LogP contribution in [0.3, 0.4) is 0 Å². The van der Waals surface area contributed by atoms with Crippen molar-refractivity contribution in [3.8, 4) is 0 Å². The zero-order chi connectivity index (χ0) is 20.2. The number of hydrogen-bond donors (Lipinski definition) is 3. The number of carboxylic acid groups (broad SMARTS) is 2. The average molecular weight is 377 g/mol. The normalized spacial score (nSPS) is 24.1. The van der Waals surface area contributed by atoms with Crippen LogP contribution in [0.5, 0.6) is 0 Å². The summed E-state index contributed by atoms with van der Waals surface area (Å²) in [5, 5.41) is 40.5. The van der Waals surface area contributed by atoms with Crippen LogP contribution in [0.25, 0.3) is 0 Å². The maximum absolute atomic E-state index is 10.9. The molecular weight excluding hydrogens is 354 g/mol. The maximum atomic E-state index is 10.9. The van der Waals surface area contributed by atoms with Crippen molar-refractivity contribution in [3.63, 3.8) is 0 Å². The van der Waals surface area contributed by atoms with Crippen LogP contribution in [0.4, 0.5) is 0 Å². The molecule has 26 heavy (non-hydrogen) atoms. The van der Waals surface area contributed by atoms with Crippen molar-refractivity contribution in [1.82, 2.24) is 0 Å². The Bertz CT molecular complexity index is 527. The number of nitro groups is 1. The Labute approximate surface area is 149 Å². The molecule has 1 heterocycles. The Hall–Kier alpha value is -2.34. The molecule has 148 valence electrons. The monoisotopic (exact) mass is 377 g/mol. The van der Waals surface area contributed by atoms with Crippen molar-refractivity contribution >= 4 is 11.9 Å². The predicted octanol–water partition coefficient (Wildman–Crippen LogP) is 0.962. The summed E-state index contributed by atoms with van der Waals surface area (Å²) in [7, 11) is 0. The Morgan fingerprint density at radius 3 is 2.15 bits per heavy atom. The molecule has 0 aromatic carbocycles. The second-order valence-corrected chi connectivity index (χ2v) is 5.28. The van der Waals surface area contributed by atoms with Crippen molar-refractivity contribution < 1.29 is 44.6 Å². The molecule has 0 saturated carbocycles. The molecule has 2 rings (SSSR count). The van der Waals surface area contributed by atoms with Crippen LogP contribution < -0.4 is 0 Å². The fourth-order valence-electron chi connectivity index (χ4n) is 1.89. The number of hydrogen-bond acceptors (Lipinski definition) is 8. The van der Waals surface area contributed by atoms with Gasteiger partial charge in [-0.05, 0) is 12.5 Å². The average Bonchev–Trinajstić information content (AvgIpc) is 2.63. The summed E-state index contributed by atoms with van der Waals surface area (Å²) in [6.07, 6.45) is 5.16. The first kappa shape index (κ1) is 23.7. The first-order valence-electron chi connectivity index (χ1n) is 7.74. The Balaban J connectivity index is 0.000000509. The zero-order valence-electron chi connectivity index (χ0n) is 14.5. The molecule has 1 aliphatic heterocycles. The molecule has 1 fully saturated rings. The van der Waals surface area contributed by atoms with E-state index in [0.717, 1.165) is 31.9 Å². The second kappa shape index (κ2) is 12.1. The van der Waals surface area contributed by atoms with Crippen LogP contribution in [0, 0.1) is 16.0 Å². The SMILES string of the molecule is C1COOOC1.CC1([N+](=O)[O-])C(C(=O)O)=CC=CC1C(=O)O.CCCO. The summed E-state index contributed by atoms with van der Waals surface area (Å²) in [4.78, 5) is 40.4. The van der Waals surface area contributed by atoms with Crippen LogP contribution in [0.1, 0.15) is 26.7 Å². The second-order valence-electron chi connectivity index (χ2n) is 5.28. The van der Waals surface area contributed by atoms with Crippen molar-refractivity contribution in [2.24, 2.45) is 5.92 Å². The lowest BCUT2D eigenvalue weighted by molar-refractivity contribution is -0.558. The highest BCUT2D eigenvalue weighted by Gasteiger charge is 2.55. The van der Waals surface area contributed by atoms with E-state index < -0.39 is 33.9 Å². The van der Waals surface area contributed by atoms with Crippen molar-refractivity contribution in [3.05, 3.63) is 33.9 Å². The number of rotatable bonds is 4. The Morgan fingerprint density at radius 1 is 1.35 bits per heavy atom. The molecule has 1 saturated heterocycles. The van der Waals surface area contributed by atoms with Crippen molar-refractivity contribution in [1.29, 1.82) is 0 Å². The highest BCUT2D eigenvalue weighted by molar-refractivity contribution is 5.92. The molecule has 0 aromatic heterocycles. The molecule has 0 spiro atoms. The number of nitrogens with zero attached hydrogens (tertiary/aromatic N) is 1. The standard InChI is InChI=1S/C9H9NO6.C3H6O3.C3H8O/c1-9(10(15)16)5(7(11)12)3-2-4-6(9)8(13)14;1-2-4-6-5-3-1;1-2-3-4/h2-5H,1H3,(H,11,12)(H,13,14);1-3H2;4H,2-3H2,1H3. The number of aliphatic carboxylic acids is 2. The number of aliphatic hydroxyl groups excluding tert-OH is 1. The molecule has 3 N–H and O–H groups in total. The van der Waals surface area contributed by atoms with Gasteiger partial charge >= 0.3 is 11.9 Å². The van der Waals surface area contributed by atoms with Crippen molar-refractivity contribution in [2.45, 2.75) is 32.2 Å². The fourth-order valence-corrected chi connectivity index (χ4v) is 1.89. The van der Waals surface area contributed by atoms with E-state index >= 15 is 0 Å². The first-order valence-corrected chi connectivity index (χ1v) is 7.74. The predicted molar refractivity (Wildman–Crippen MR) is 86.4 cm³/mol. The quantitative estimate of drug-likeness (QED) is 0.365. The lowest BCUT2D eigenvalue weighted by atomic mass is 9.76. The molecular formula is C15H23NO10. The fraction of sp³-hybridized carbons (Fsp3) is 0.600. The van der Waals surface area contributed by atoms with Gasteiger partial charge < -0.3 is 15.3 Å². The molecule has 0 amide bonds. The van der Waals surface area contributed by atoms with Gasteiger partial charge in [0.05, 0.1) is 13.2 Å². The molecule has 0 radical (unpaired) electrons. The van der Waals surface area contributed by atoms with E-state index in [2.05, 4.69) is 14.8 Å². The molecule has 2 atom stereocenters. The molecule has 11 heteroatoms. The van der Waals surface area contributed by atoms with Gasteiger partial charge in [0.1, 0.15) is 11.5 Å². The van der Waals surface area contributed by atoms with E-state index in [1.807, 2.05) is 6.92 Å². The van der Waals surface area contributed by atoms with Gasteiger partial charge in [0, 0.05) is 24.9 Å². The van der Waals surface area contributed by atoms with Crippen LogP contribution >= 0.6 is 0 Å². The number of carboxylic acids is 2. The number of aliphatic hydroxyl groups is 1. The summed E-state index contributed by atoms with van der Waals surface area (Å²) < 4.78 is 0. The van der Waals surface area contributed by atoms with Gasteiger partial charge in [-0.3, -0.25) is 14.9 Å². The third-order valence-electron chi connectivity index (χ3n) is 3.37. The van der Waals surface area contributed by atoms with Gasteiger partial charge in [0.25, 0.3) is 5.54 Å². The van der Waals surface area contributed by atoms with E-state index in [1.165, 1.54) is 6.08 Å². The van der Waals surface area contributed by atoms with Gasteiger partial charge in [0.15, 0.2) is 0 Å². The maximum Gasteiger partial charge on any atom is 0.338 e. The van der Waals surface area contributed by atoms with E-state index in [9.17, 15) is 19.7 Å². The van der Waals surface area contributed by atoms with Gasteiger partial charge in [0.2, 0.25) is 0 Å². The molecule has 0 bridgehead atoms. The van der Waals surface area contributed by atoms with Crippen LogP contribution in [-0.2, 0) is 24.4 Å². The molecule has 2 aliphatic rings. The molecule has 11 nitrogen and oxygen atoms in total. The van der Waals surface area contributed by atoms with Crippen LogP contribution in [0.2, 0.25) is 0 Å². The first-order chi connectivity index (χ1) is 12.2. The Morgan fingerprint density at radius 2 is 1.88 bits per heavy atom. The molecule has 2 unspecified atom stereocenters. The third kappa shape index (κ3) is 6.88. The minimum Gasteiger partial charge on any atom is -0.481 e. The van der Waals surface area contributed by atoms with Gasteiger partial charge in [-0.25, -0.2) is 14.6 Å². The minimum atomic E-state index is -2.15. The molecule has 1 aliphatic carbocycles. The largest absolute Gasteiger partial charge is 0.481 e. The van der Waals surface area contributed by atoms with E-state index in [0.29, 0.717) is 19.8 Å². The van der Waals surface area contributed by atoms with E-state index in [4.69, 9.17) is 15.3 Å². The minimum absolute atomic E-state index is 0.319. The summed E-state index contributed by atoms with van der Waals surface area (Å²) >= 11 is 0. The summed E-state index contributed by atoms with van der Waals surface area (Å²) in [5.41, 5.74) is -2.68. The van der Waals surface area contributed by atoms with Crippen molar-refractivity contribution in [2.75, 3.05) is 19.8 Å². The van der Waals surface area contributed by atoms with Gasteiger partial charge in [-0.2, -0.15) is 0 Å². The van der Waals surface area contributed by atoms with Gasteiger partial charge in [-0.15, -0.1) is 0 Å². The summed E-state index contributed by atoms with van der Waals surface area (Å²) in [6.45, 7) is 4.55. The highest BCUT2D eigenvalue weighted by atomic mass is 17.5. The van der Waals surface area contributed by atoms with E-state index in [1.54, 1.807) is 0 Å². The van der Waals surface area contributed by atoms with Crippen LogP contribution in [0.15, 0.2) is 23.8 Å².